The Morgan fingerprint density at radius 2 is 1.66 bits per heavy atom. The number of halogens is 3. The molecule has 176 valence electrons. The number of benzene rings is 3. The van der Waals surface area contributed by atoms with Crippen molar-refractivity contribution >= 4 is 23.2 Å². The summed E-state index contributed by atoms with van der Waals surface area (Å²) in [6.45, 7) is 0.413. The third-order valence-corrected chi connectivity index (χ3v) is 5.80. The molecule has 0 fully saturated rings. The zero-order valence-corrected chi connectivity index (χ0v) is 18.2. The second-order valence-electron chi connectivity index (χ2n) is 7.98. The quantitative estimate of drug-likeness (QED) is 0.404. The first-order chi connectivity index (χ1) is 16.8. The van der Waals surface area contributed by atoms with Gasteiger partial charge in [-0.2, -0.15) is 13.2 Å². The van der Waals surface area contributed by atoms with Crippen LogP contribution in [0.5, 0.6) is 0 Å². The maximum atomic E-state index is 13.4. The number of fused-ring (bicyclic) bond motifs is 3. The second-order valence-corrected chi connectivity index (χ2v) is 7.98. The maximum Gasteiger partial charge on any atom is 0.417 e. The summed E-state index contributed by atoms with van der Waals surface area (Å²) in [7, 11) is 0. The van der Waals surface area contributed by atoms with Crippen LogP contribution >= 0.6 is 0 Å². The summed E-state index contributed by atoms with van der Waals surface area (Å²) in [6.07, 6.45) is -2.44. The number of hydrogen-bond acceptors (Lipinski definition) is 4. The molecule has 0 aliphatic carbocycles. The van der Waals surface area contributed by atoms with Crippen LogP contribution in [0.2, 0.25) is 0 Å². The smallest absolute Gasteiger partial charge is 0.356 e. The average Bonchev–Trinajstić information content (AvgIpc) is 3.27. The van der Waals surface area contributed by atoms with Gasteiger partial charge in [0.2, 0.25) is 0 Å². The number of rotatable bonds is 3. The van der Waals surface area contributed by atoms with Crippen LogP contribution in [0, 0.1) is 0 Å². The fraction of sp³-hybridized carbons (Fsp3) is 0.115. The van der Waals surface area contributed by atoms with Crippen LogP contribution in [0.15, 0.2) is 83.5 Å². The van der Waals surface area contributed by atoms with E-state index in [-0.39, 0.29) is 11.6 Å². The number of nitrogens with zero attached hydrogens (tertiary/aromatic N) is 2. The third kappa shape index (κ3) is 4.28. The lowest BCUT2D eigenvalue weighted by atomic mass is 10.1. The standard InChI is InChI=1S/C26H18F3N3O3/c27-26(28,29)21-7-3-1-5-19(21)24(33)31-18-11-9-16(10-12-18)25(34)32-14-13-17-15-30-35-23(17)20-6-2-4-8-22(20)32/h1-12,15H,13-14H2,(H,31,33). The number of para-hydroxylation sites is 1. The topological polar surface area (TPSA) is 75.4 Å². The van der Waals surface area contributed by atoms with Crippen LogP contribution in [-0.2, 0) is 12.6 Å². The van der Waals surface area contributed by atoms with Crippen LogP contribution in [0.4, 0.5) is 24.5 Å². The minimum Gasteiger partial charge on any atom is -0.356 e. The largest absolute Gasteiger partial charge is 0.417 e. The predicted octanol–water partition coefficient (Wildman–Crippen LogP) is 5.82. The van der Waals surface area contributed by atoms with Crippen LogP contribution in [0.1, 0.15) is 31.8 Å². The first-order valence-electron chi connectivity index (χ1n) is 10.8. The number of anilines is 2. The van der Waals surface area contributed by atoms with Crippen molar-refractivity contribution in [3.8, 4) is 11.3 Å². The molecule has 0 atom stereocenters. The van der Waals surface area contributed by atoms with E-state index in [0.29, 0.717) is 30.0 Å². The monoisotopic (exact) mass is 477 g/mol. The van der Waals surface area contributed by atoms with Gasteiger partial charge in [-0.05, 0) is 55.0 Å². The van der Waals surface area contributed by atoms with Gasteiger partial charge in [-0.25, -0.2) is 0 Å². The molecule has 3 aromatic carbocycles. The summed E-state index contributed by atoms with van der Waals surface area (Å²) in [4.78, 5) is 27.5. The Morgan fingerprint density at radius 3 is 2.43 bits per heavy atom. The lowest BCUT2D eigenvalue weighted by Gasteiger charge is -2.23. The fourth-order valence-corrected chi connectivity index (χ4v) is 4.10. The Bertz CT molecular complexity index is 1410. The van der Waals surface area contributed by atoms with Crippen molar-refractivity contribution in [2.45, 2.75) is 12.6 Å². The van der Waals surface area contributed by atoms with Crippen molar-refractivity contribution in [2.75, 3.05) is 16.8 Å². The number of amides is 2. The SMILES string of the molecule is O=C(Nc1ccc(C(=O)N2CCc3cnoc3-c3ccccc32)cc1)c1ccccc1C(F)(F)F. The highest BCUT2D eigenvalue weighted by Gasteiger charge is 2.35. The summed E-state index contributed by atoms with van der Waals surface area (Å²) in [5.41, 5.74) is 1.50. The molecule has 1 N–H and O–H groups in total. The molecule has 1 aliphatic heterocycles. The molecule has 35 heavy (non-hydrogen) atoms. The first-order valence-corrected chi connectivity index (χ1v) is 10.8. The Labute approximate surface area is 198 Å². The molecule has 0 bridgehead atoms. The summed E-state index contributed by atoms with van der Waals surface area (Å²) in [5, 5.41) is 6.34. The van der Waals surface area contributed by atoms with Crippen molar-refractivity contribution in [2.24, 2.45) is 0 Å². The molecule has 6 nitrogen and oxygen atoms in total. The Hall–Kier alpha value is -4.40. The van der Waals surface area contributed by atoms with E-state index in [0.717, 1.165) is 23.3 Å². The molecule has 5 rings (SSSR count). The van der Waals surface area contributed by atoms with Crippen LogP contribution in [-0.4, -0.2) is 23.5 Å². The lowest BCUT2D eigenvalue weighted by molar-refractivity contribution is -0.137. The van der Waals surface area contributed by atoms with Gasteiger partial charge < -0.3 is 14.7 Å². The highest BCUT2D eigenvalue weighted by molar-refractivity contribution is 6.09. The molecular formula is C26H18F3N3O3. The van der Waals surface area contributed by atoms with Crippen LogP contribution in [0.25, 0.3) is 11.3 Å². The fourth-order valence-electron chi connectivity index (χ4n) is 4.10. The highest BCUT2D eigenvalue weighted by atomic mass is 19.4. The summed E-state index contributed by atoms with van der Waals surface area (Å²) in [6, 6.07) is 18.0. The van der Waals surface area contributed by atoms with E-state index in [9.17, 15) is 22.8 Å². The second kappa shape index (κ2) is 8.75. The molecule has 1 aromatic heterocycles. The molecule has 0 unspecified atom stereocenters. The van der Waals surface area contributed by atoms with Crippen molar-refractivity contribution in [3.05, 3.63) is 101 Å². The van der Waals surface area contributed by atoms with Crippen LogP contribution in [0.3, 0.4) is 0 Å². The van der Waals surface area contributed by atoms with Crippen molar-refractivity contribution in [1.82, 2.24) is 5.16 Å². The number of nitrogens with one attached hydrogen (secondary N) is 1. The third-order valence-electron chi connectivity index (χ3n) is 5.80. The van der Waals surface area contributed by atoms with Gasteiger partial charge in [0, 0.05) is 28.9 Å². The van der Waals surface area contributed by atoms with Gasteiger partial charge in [0.15, 0.2) is 5.76 Å². The van der Waals surface area contributed by atoms with Crippen LogP contribution < -0.4 is 10.2 Å². The van der Waals surface area contributed by atoms with E-state index in [2.05, 4.69) is 10.5 Å². The lowest BCUT2D eigenvalue weighted by Crippen LogP contribution is -2.32. The van der Waals surface area contributed by atoms with E-state index < -0.39 is 23.2 Å². The predicted molar refractivity (Wildman–Crippen MR) is 123 cm³/mol. The normalized spacial score (nSPS) is 12.9. The maximum absolute atomic E-state index is 13.4. The van der Waals surface area contributed by atoms with Gasteiger partial charge in [-0.15, -0.1) is 0 Å². The summed E-state index contributed by atoms with van der Waals surface area (Å²) in [5.74, 6) is -0.510. The molecule has 0 saturated heterocycles. The number of alkyl halides is 3. The number of aromatic nitrogens is 1. The van der Waals surface area contributed by atoms with Crippen molar-refractivity contribution in [3.63, 3.8) is 0 Å². The molecule has 2 amide bonds. The van der Waals surface area contributed by atoms with Crippen molar-refractivity contribution in [1.29, 1.82) is 0 Å². The number of carbonyl (C=O) groups is 2. The van der Waals surface area contributed by atoms with Gasteiger partial charge in [0.05, 0.1) is 23.0 Å². The summed E-state index contributed by atoms with van der Waals surface area (Å²) < 4.78 is 45.1. The van der Waals surface area contributed by atoms with E-state index in [1.165, 1.54) is 36.4 Å². The molecule has 2 heterocycles. The summed E-state index contributed by atoms with van der Waals surface area (Å²) >= 11 is 0. The Morgan fingerprint density at radius 1 is 0.943 bits per heavy atom. The van der Waals surface area contributed by atoms with Gasteiger partial charge in [-0.1, -0.05) is 29.4 Å². The van der Waals surface area contributed by atoms with Gasteiger partial charge >= 0.3 is 6.18 Å². The zero-order valence-electron chi connectivity index (χ0n) is 18.2. The van der Waals surface area contributed by atoms with Gasteiger partial charge in [0.1, 0.15) is 0 Å². The molecule has 0 saturated carbocycles. The molecule has 0 spiro atoms. The molecule has 0 radical (unpaired) electrons. The van der Waals surface area contributed by atoms with Gasteiger partial charge in [0.25, 0.3) is 11.8 Å². The minimum atomic E-state index is -4.65. The van der Waals surface area contributed by atoms with E-state index in [1.807, 2.05) is 24.3 Å². The van der Waals surface area contributed by atoms with Crippen molar-refractivity contribution < 1.29 is 27.3 Å². The molecule has 9 heteroatoms. The van der Waals surface area contributed by atoms with E-state index in [1.54, 1.807) is 11.1 Å². The first kappa shape index (κ1) is 22.4. The highest BCUT2D eigenvalue weighted by Crippen LogP contribution is 2.37. The van der Waals surface area contributed by atoms with E-state index in [4.69, 9.17) is 4.52 Å². The molecular weight excluding hydrogens is 459 g/mol. The average molecular weight is 477 g/mol. The Kier molecular flexibility index (Phi) is 5.60. The Balaban J connectivity index is 1.37. The molecule has 4 aromatic rings. The number of carbonyl (C=O) groups excluding carboxylic acids is 2. The van der Waals surface area contributed by atoms with E-state index >= 15 is 0 Å². The minimum absolute atomic E-state index is 0.254. The zero-order chi connectivity index (χ0) is 24.6. The molecule has 1 aliphatic rings. The number of hydrogen-bond donors (Lipinski definition) is 1. The van der Waals surface area contributed by atoms with Gasteiger partial charge in [-0.3, -0.25) is 9.59 Å².